The van der Waals surface area contributed by atoms with Gasteiger partial charge in [-0.15, -0.1) is 0 Å². The summed E-state index contributed by atoms with van der Waals surface area (Å²) in [6, 6.07) is 0. The summed E-state index contributed by atoms with van der Waals surface area (Å²) in [5.41, 5.74) is 0. The molecular weight excluding hydrogens is 272 g/mol. The topological polar surface area (TPSA) is 37.3 Å². The van der Waals surface area contributed by atoms with Gasteiger partial charge in [-0.2, -0.15) is 0 Å². The number of hydrogen-bond donors (Lipinski definition) is 1. The third-order valence-corrected chi connectivity index (χ3v) is 4.08. The van der Waals surface area contributed by atoms with Crippen LogP contribution in [0.3, 0.4) is 0 Å². The first-order chi connectivity index (χ1) is 10.6. The Balaban J connectivity index is 3.09. The van der Waals surface area contributed by atoms with E-state index in [4.69, 9.17) is 5.11 Å². The Labute approximate surface area is 138 Å². The van der Waals surface area contributed by atoms with Crippen LogP contribution in [0.15, 0.2) is 12.2 Å². The van der Waals surface area contributed by atoms with Gasteiger partial charge in [0.2, 0.25) is 0 Å². The quantitative estimate of drug-likeness (QED) is 0.253. The van der Waals surface area contributed by atoms with E-state index in [1.54, 1.807) is 0 Å². The predicted octanol–water partition coefficient (Wildman–Crippen LogP) is 6.74. The van der Waals surface area contributed by atoms with E-state index in [0.717, 1.165) is 18.8 Å². The van der Waals surface area contributed by atoms with Gasteiger partial charge >= 0.3 is 5.97 Å². The van der Waals surface area contributed by atoms with E-state index in [1.165, 1.54) is 70.6 Å². The first kappa shape index (κ1) is 21.2. The van der Waals surface area contributed by atoms with Crippen LogP contribution in [0.25, 0.3) is 0 Å². The maximum absolute atomic E-state index is 10.4. The molecule has 0 bridgehead atoms. The molecule has 22 heavy (non-hydrogen) atoms. The highest BCUT2D eigenvalue weighted by Crippen LogP contribution is 2.11. The number of carboxylic acid groups (broad SMARTS) is 1. The second-order valence-electron chi connectivity index (χ2n) is 6.91. The van der Waals surface area contributed by atoms with Crippen molar-refractivity contribution in [1.82, 2.24) is 0 Å². The summed E-state index contributed by atoms with van der Waals surface area (Å²) in [6.07, 6.45) is 21.3. The van der Waals surface area contributed by atoms with Crippen LogP contribution in [0.2, 0.25) is 0 Å². The third kappa shape index (κ3) is 19.2. The molecule has 1 N–H and O–H groups in total. The molecule has 0 atom stereocenters. The van der Waals surface area contributed by atoms with Gasteiger partial charge in [-0.3, -0.25) is 4.79 Å². The first-order valence-corrected chi connectivity index (χ1v) is 9.49. The maximum atomic E-state index is 10.4. The molecule has 0 heterocycles. The average molecular weight is 311 g/mol. The zero-order chi connectivity index (χ0) is 16.5. The zero-order valence-corrected chi connectivity index (χ0v) is 15.0. The van der Waals surface area contributed by atoms with Crippen molar-refractivity contribution in [2.24, 2.45) is 5.92 Å². The van der Waals surface area contributed by atoms with Crippen molar-refractivity contribution in [2.75, 3.05) is 0 Å². The average Bonchev–Trinajstić information content (AvgIpc) is 2.46. The van der Waals surface area contributed by atoms with Crippen LogP contribution < -0.4 is 0 Å². The minimum Gasteiger partial charge on any atom is -0.481 e. The van der Waals surface area contributed by atoms with Crippen LogP contribution >= 0.6 is 0 Å². The Morgan fingerprint density at radius 1 is 0.773 bits per heavy atom. The second kappa shape index (κ2) is 16.6. The van der Waals surface area contributed by atoms with Gasteiger partial charge in [-0.1, -0.05) is 77.4 Å². The van der Waals surface area contributed by atoms with E-state index in [9.17, 15) is 4.79 Å². The number of hydrogen-bond acceptors (Lipinski definition) is 1. The van der Waals surface area contributed by atoms with Crippen molar-refractivity contribution < 1.29 is 9.90 Å². The molecule has 0 aliphatic carbocycles. The van der Waals surface area contributed by atoms with E-state index >= 15 is 0 Å². The standard InChI is InChI=1S/C20H38O2/c1-19(2)17-15-13-11-9-7-5-3-4-6-8-10-12-14-16-18-20(21)22/h7,9,19H,3-6,8,10-18H2,1-2H3,(H,21,22)/b9-7+. The molecular formula is C20H38O2. The molecule has 0 aliphatic heterocycles. The van der Waals surface area contributed by atoms with Gasteiger partial charge in [0.15, 0.2) is 0 Å². The molecule has 0 fully saturated rings. The summed E-state index contributed by atoms with van der Waals surface area (Å²) in [5.74, 6) is 0.189. The Morgan fingerprint density at radius 2 is 1.23 bits per heavy atom. The lowest BCUT2D eigenvalue weighted by Crippen LogP contribution is -1.93. The maximum Gasteiger partial charge on any atom is 0.303 e. The van der Waals surface area contributed by atoms with E-state index in [0.29, 0.717) is 6.42 Å². The molecule has 0 unspecified atom stereocenters. The summed E-state index contributed by atoms with van der Waals surface area (Å²) in [6.45, 7) is 4.60. The molecule has 0 aromatic carbocycles. The summed E-state index contributed by atoms with van der Waals surface area (Å²) < 4.78 is 0. The summed E-state index contributed by atoms with van der Waals surface area (Å²) in [5, 5.41) is 8.53. The van der Waals surface area contributed by atoms with Gasteiger partial charge in [-0.05, 0) is 38.0 Å². The van der Waals surface area contributed by atoms with Crippen molar-refractivity contribution in [3.05, 3.63) is 12.2 Å². The van der Waals surface area contributed by atoms with Gasteiger partial charge < -0.3 is 5.11 Å². The number of carbonyl (C=O) groups is 1. The van der Waals surface area contributed by atoms with Crippen molar-refractivity contribution in [1.29, 1.82) is 0 Å². The highest BCUT2D eigenvalue weighted by atomic mass is 16.4. The fourth-order valence-electron chi connectivity index (χ4n) is 2.65. The molecule has 2 heteroatoms. The number of aliphatic carboxylic acids is 1. The van der Waals surface area contributed by atoms with Gasteiger partial charge in [-0.25, -0.2) is 0 Å². The molecule has 0 rings (SSSR count). The van der Waals surface area contributed by atoms with E-state index in [-0.39, 0.29) is 0 Å². The molecule has 0 aromatic rings. The van der Waals surface area contributed by atoms with Crippen LogP contribution in [-0.4, -0.2) is 11.1 Å². The largest absolute Gasteiger partial charge is 0.481 e. The molecule has 0 saturated carbocycles. The van der Waals surface area contributed by atoms with E-state index in [2.05, 4.69) is 26.0 Å². The van der Waals surface area contributed by atoms with E-state index in [1.807, 2.05) is 0 Å². The van der Waals surface area contributed by atoms with Crippen LogP contribution in [0.4, 0.5) is 0 Å². The monoisotopic (exact) mass is 310 g/mol. The fourth-order valence-corrected chi connectivity index (χ4v) is 2.65. The van der Waals surface area contributed by atoms with Gasteiger partial charge in [0.05, 0.1) is 0 Å². The lowest BCUT2D eigenvalue weighted by molar-refractivity contribution is -0.137. The SMILES string of the molecule is CC(C)CCCC/C=C/CCCCCCCCCCC(=O)O. The highest BCUT2D eigenvalue weighted by molar-refractivity contribution is 5.66. The molecule has 0 amide bonds. The number of carboxylic acids is 1. The highest BCUT2D eigenvalue weighted by Gasteiger charge is 1.96. The van der Waals surface area contributed by atoms with Gasteiger partial charge in [0.25, 0.3) is 0 Å². The molecule has 0 aromatic heterocycles. The first-order valence-electron chi connectivity index (χ1n) is 9.49. The molecule has 0 radical (unpaired) electrons. The number of allylic oxidation sites excluding steroid dienone is 2. The summed E-state index contributed by atoms with van der Waals surface area (Å²) >= 11 is 0. The molecule has 0 aliphatic rings. The van der Waals surface area contributed by atoms with Crippen LogP contribution in [0, 0.1) is 5.92 Å². The van der Waals surface area contributed by atoms with Crippen molar-refractivity contribution in [3.8, 4) is 0 Å². The zero-order valence-electron chi connectivity index (χ0n) is 15.0. The Hall–Kier alpha value is -0.790. The second-order valence-corrected chi connectivity index (χ2v) is 6.91. The minimum absolute atomic E-state index is 0.337. The van der Waals surface area contributed by atoms with Crippen molar-refractivity contribution >= 4 is 5.97 Å². The minimum atomic E-state index is -0.659. The van der Waals surface area contributed by atoms with Gasteiger partial charge in [0, 0.05) is 6.42 Å². The lowest BCUT2D eigenvalue weighted by atomic mass is 10.0. The third-order valence-electron chi connectivity index (χ3n) is 4.08. The number of unbranched alkanes of at least 4 members (excludes halogenated alkanes) is 10. The Morgan fingerprint density at radius 3 is 1.73 bits per heavy atom. The smallest absolute Gasteiger partial charge is 0.303 e. The fraction of sp³-hybridized carbons (Fsp3) is 0.850. The molecule has 0 saturated heterocycles. The lowest BCUT2D eigenvalue weighted by Gasteiger charge is -2.02. The Kier molecular flexibility index (Phi) is 16.0. The van der Waals surface area contributed by atoms with Crippen molar-refractivity contribution in [2.45, 2.75) is 104 Å². The van der Waals surface area contributed by atoms with Crippen LogP contribution in [-0.2, 0) is 4.79 Å². The number of rotatable bonds is 16. The molecule has 130 valence electrons. The summed E-state index contributed by atoms with van der Waals surface area (Å²) in [7, 11) is 0. The van der Waals surface area contributed by atoms with Crippen LogP contribution in [0.5, 0.6) is 0 Å². The van der Waals surface area contributed by atoms with Gasteiger partial charge in [0.1, 0.15) is 0 Å². The van der Waals surface area contributed by atoms with Crippen LogP contribution in [0.1, 0.15) is 104 Å². The predicted molar refractivity (Wildman–Crippen MR) is 96.3 cm³/mol. The van der Waals surface area contributed by atoms with Crippen molar-refractivity contribution in [3.63, 3.8) is 0 Å². The van der Waals surface area contributed by atoms with E-state index < -0.39 is 5.97 Å². The summed E-state index contributed by atoms with van der Waals surface area (Å²) in [4.78, 5) is 10.4. The molecule has 0 spiro atoms. The Bertz CT molecular complexity index is 269. The molecule has 2 nitrogen and oxygen atoms in total. The normalized spacial score (nSPS) is 11.6.